The molecule has 0 unspecified atom stereocenters. The van der Waals surface area contributed by atoms with Gasteiger partial charge in [0, 0.05) is 62.6 Å². The van der Waals surface area contributed by atoms with Crippen molar-refractivity contribution in [2.75, 3.05) is 44.2 Å². The van der Waals surface area contributed by atoms with E-state index in [-0.39, 0.29) is 0 Å². The van der Waals surface area contributed by atoms with Crippen molar-refractivity contribution in [3.05, 3.63) is 53.9 Å². The van der Waals surface area contributed by atoms with Crippen molar-refractivity contribution in [1.82, 2.24) is 19.4 Å². The van der Waals surface area contributed by atoms with Crippen LogP contribution in [0.5, 0.6) is 0 Å². The smallest absolute Gasteiger partial charge is 0.225 e. The molecule has 3 aliphatic rings. The van der Waals surface area contributed by atoms with Gasteiger partial charge in [-0.3, -0.25) is 4.79 Å². The van der Waals surface area contributed by atoms with Gasteiger partial charge in [-0.1, -0.05) is 18.2 Å². The van der Waals surface area contributed by atoms with Crippen molar-refractivity contribution in [2.45, 2.75) is 52.0 Å². The van der Waals surface area contributed by atoms with Crippen LogP contribution in [0.1, 0.15) is 50.2 Å². The quantitative estimate of drug-likeness (QED) is 0.547. The Bertz CT molecular complexity index is 1240. The number of nitrogens with zero attached hydrogens (tertiary/aromatic N) is 5. The first-order valence-electron chi connectivity index (χ1n) is 13.3. The van der Waals surface area contributed by atoms with Crippen LogP contribution in [0.25, 0.3) is 16.6 Å². The first-order chi connectivity index (χ1) is 17.0. The summed E-state index contributed by atoms with van der Waals surface area (Å²) in [6.45, 7) is 12.6. The third kappa shape index (κ3) is 4.33. The zero-order chi connectivity index (χ0) is 24.1. The summed E-state index contributed by atoms with van der Waals surface area (Å²) in [5.74, 6) is 1.31. The third-order valence-electron chi connectivity index (χ3n) is 8.33. The summed E-state index contributed by atoms with van der Waals surface area (Å²) in [5.41, 5.74) is 7.64. The fourth-order valence-corrected chi connectivity index (χ4v) is 5.96. The number of carbonyl (C=O) groups excluding carboxylic acids is 1. The van der Waals surface area contributed by atoms with E-state index in [1.165, 1.54) is 47.5 Å². The van der Waals surface area contributed by atoms with E-state index >= 15 is 0 Å². The molecule has 3 fully saturated rings. The van der Waals surface area contributed by atoms with Crippen LogP contribution < -0.4 is 4.90 Å². The first kappa shape index (κ1) is 22.6. The largest absolute Gasteiger partial charge is 0.366 e. The molecule has 1 aliphatic carbocycles. The number of piperazine rings is 1. The van der Waals surface area contributed by atoms with Crippen LogP contribution in [0.15, 0.2) is 42.7 Å². The third-order valence-corrected chi connectivity index (χ3v) is 8.33. The molecule has 1 aromatic carbocycles. The SMILES string of the molecule is Cc1cc([C@H]2CCN(C(C)C)C2)ccc1-c1cc2c(N3CCN(C(=O)C4CC4)CC3)ccnn2c1. The number of amides is 1. The molecule has 184 valence electrons. The van der Waals surface area contributed by atoms with Crippen LogP contribution in [0, 0.1) is 12.8 Å². The van der Waals surface area contributed by atoms with Crippen LogP contribution >= 0.6 is 0 Å². The molecule has 1 saturated carbocycles. The van der Waals surface area contributed by atoms with Gasteiger partial charge in [-0.05, 0) is 81.3 Å². The van der Waals surface area contributed by atoms with Crippen molar-refractivity contribution in [3.8, 4) is 11.1 Å². The number of aryl methyl sites for hydroxylation is 1. The van der Waals surface area contributed by atoms with Crippen LogP contribution in [0.3, 0.4) is 0 Å². The molecule has 1 amide bonds. The lowest BCUT2D eigenvalue weighted by Gasteiger charge is -2.36. The summed E-state index contributed by atoms with van der Waals surface area (Å²) in [6.07, 6.45) is 7.46. The molecule has 2 aromatic heterocycles. The number of hydrogen-bond donors (Lipinski definition) is 0. The molecule has 4 heterocycles. The number of fused-ring (bicyclic) bond motifs is 1. The molecule has 6 rings (SSSR count). The van der Waals surface area contributed by atoms with Crippen molar-refractivity contribution in [2.24, 2.45) is 5.92 Å². The molecule has 2 saturated heterocycles. The Morgan fingerprint density at radius 2 is 1.80 bits per heavy atom. The minimum Gasteiger partial charge on any atom is -0.366 e. The summed E-state index contributed by atoms with van der Waals surface area (Å²) in [6, 6.07) is 12.1. The number of rotatable bonds is 5. The van der Waals surface area contributed by atoms with Crippen molar-refractivity contribution < 1.29 is 4.79 Å². The number of carbonyl (C=O) groups is 1. The second-order valence-corrected chi connectivity index (χ2v) is 11.0. The topological polar surface area (TPSA) is 44.1 Å². The lowest BCUT2D eigenvalue weighted by molar-refractivity contribution is -0.132. The highest BCUT2D eigenvalue weighted by atomic mass is 16.2. The van der Waals surface area contributed by atoms with E-state index in [2.05, 4.69) is 77.1 Å². The molecule has 3 aromatic rings. The standard InChI is InChI=1S/C29H37N5O/c1-20(2)33-11-9-24(18-33)23-6-7-26(21(3)16-23)25-17-28-27(8-10-30-34(28)19-25)31-12-14-32(15-13-31)29(35)22-4-5-22/h6-8,10,16-17,19-20,22,24H,4-5,9,11-15,18H2,1-3H3/t24-/m0/s1. The molecule has 2 aliphatic heterocycles. The van der Waals surface area contributed by atoms with Gasteiger partial charge in [0.15, 0.2) is 0 Å². The monoisotopic (exact) mass is 471 g/mol. The van der Waals surface area contributed by atoms with Gasteiger partial charge in [0.25, 0.3) is 0 Å². The number of hydrogen-bond acceptors (Lipinski definition) is 4. The van der Waals surface area contributed by atoms with Gasteiger partial charge in [0.05, 0.1) is 11.2 Å². The normalized spacial score (nSPS) is 21.4. The average molecular weight is 472 g/mol. The van der Waals surface area contributed by atoms with E-state index in [0.717, 1.165) is 44.5 Å². The summed E-state index contributed by atoms with van der Waals surface area (Å²) < 4.78 is 2.01. The van der Waals surface area contributed by atoms with Gasteiger partial charge in [0.2, 0.25) is 5.91 Å². The van der Waals surface area contributed by atoms with Crippen molar-refractivity contribution in [1.29, 1.82) is 0 Å². The van der Waals surface area contributed by atoms with Gasteiger partial charge in [-0.25, -0.2) is 4.52 Å². The maximum absolute atomic E-state index is 12.5. The molecule has 1 atom stereocenters. The molecular formula is C29H37N5O. The van der Waals surface area contributed by atoms with E-state index in [1.807, 2.05) is 10.7 Å². The van der Waals surface area contributed by atoms with E-state index in [1.54, 1.807) is 0 Å². The number of aromatic nitrogens is 2. The highest BCUT2D eigenvalue weighted by Gasteiger charge is 2.34. The van der Waals surface area contributed by atoms with Crippen molar-refractivity contribution >= 4 is 17.1 Å². The highest BCUT2D eigenvalue weighted by molar-refractivity contribution is 5.83. The Hall–Kier alpha value is -2.86. The molecular weight excluding hydrogens is 434 g/mol. The lowest BCUT2D eigenvalue weighted by Crippen LogP contribution is -2.49. The molecule has 6 nitrogen and oxygen atoms in total. The van der Waals surface area contributed by atoms with Crippen LogP contribution in [-0.4, -0.2) is 70.6 Å². The molecule has 35 heavy (non-hydrogen) atoms. The van der Waals surface area contributed by atoms with Gasteiger partial charge in [-0.15, -0.1) is 0 Å². The highest BCUT2D eigenvalue weighted by Crippen LogP contribution is 2.35. The summed E-state index contributed by atoms with van der Waals surface area (Å²) in [7, 11) is 0. The first-order valence-corrected chi connectivity index (χ1v) is 13.3. The Morgan fingerprint density at radius 1 is 1.00 bits per heavy atom. The maximum atomic E-state index is 12.5. The van der Waals surface area contributed by atoms with Gasteiger partial charge in [0.1, 0.15) is 0 Å². The van der Waals surface area contributed by atoms with Crippen LogP contribution in [-0.2, 0) is 4.79 Å². The van der Waals surface area contributed by atoms with Gasteiger partial charge in [-0.2, -0.15) is 5.10 Å². The summed E-state index contributed by atoms with van der Waals surface area (Å²) in [4.78, 5) is 19.5. The van der Waals surface area contributed by atoms with E-state index < -0.39 is 0 Å². The van der Waals surface area contributed by atoms with E-state index in [0.29, 0.717) is 23.8 Å². The fourth-order valence-electron chi connectivity index (χ4n) is 5.96. The lowest BCUT2D eigenvalue weighted by atomic mass is 9.93. The molecule has 0 bridgehead atoms. The molecule has 0 radical (unpaired) electrons. The second-order valence-electron chi connectivity index (χ2n) is 11.0. The van der Waals surface area contributed by atoms with Crippen LogP contribution in [0.2, 0.25) is 0 Å². The predicted octanol–water partition coefficient (Wildman–Crippen LogP) is 4.57. The number of anilines is 1. The minimum atomic E-state index is 0.305. The molecule has 0 spiro atoms. The second kappa shape index (κ2) is 8.98. The average Bonchev–Trinajstić information content (AvgIpc) is 3.42. The zero-order valence-corrected chi connectivity index (χ0v) is 21.3. The van der Waals surface area contributed by atoms with Crippen molar-refractivity contribution in [3.63, 3.8) is 0 Å². The zero-order valence-electron chi connectivity index (χ0n) is 21.3. The molecule has 0 N–H and O–H groups in total. The molecule has 6 heteroatoms. The summed E-state index contributed by atoms with van der Waals surface area (Å²) >= 11 is 0. The minimum absolute atomic E-state index is 0.305. The Balaban J connectivity index is 1.22. The van der Waals surface area contributed by atoms with Crippen LogP contribution in [0.4, 0.5) is 5.69 Å². The number of likely N-dealkylation sites (tertiary alicyclic amines) is 1. The fraction of sp³-hybridized carbons (Fsp3) is 0.517. The Kier molecular flexibility index (Phi) is 5.79. The Labute approximate surface area is 208 Å². The Morgan fingerprint density at radius 3 is 2.49 bits per heavy atom. The summed E-state index contributed by atoms with van der Waals surface area (Å²) in [5, 5.41) is 4.61. The predicted molar refractivity (Wildman–Crippen MR) is 141 cm³/mol. The van der Waals surface area contributed by atoms with Gasteiger partial charge >= 0.3 is 0 Å². The number of benzene rings is 1. The van der Waals surface area contributed by atoms with E-state index in [4.69, 9.17) is 0 Å². The maximum Gasteiger partial charge on any atom is 0.225 e. The van der Waals surface area contributed by atoms with E-state index in [9.17, 15) is 4.79 Å². The van der Waals surface area contributed by atoms with Gasteiger partial charge < -0.3 is 14.7 Å².